The van der Waals surface area contributed by atoms with E-state index in [1.54, 1.807) is 0 Å². The molecule has 0 spiro atoms. The summed E-state index contributed by atoms with van der Waals surface area (Å²) in [7, 11) is 0. The quantitative estimate of drug-likeness (QED) is 0.590. The van der Waals surface area contributed by atoms with E-state index in [0.29, 0.717) is 26.4 Å². The van der Waals surface area contributed by atoms with Gasteiger partial charge in [-0.25, -0.2) is 0 Å². The number of epoxide rings is 2. The molecule has 18 heavy (non-hydrogen) atoms. The maximum atomic E-state index is 5.77. The molecule has 4 aliphatic heterocycles. The first-order valence-corrected chi connectivity index (χ1v) is 6.60. The van der Waals surface area contributed by atoms with Gasteiger partial charge in [0.05, 0.1) is 39.6 Å². The van der Waals surface area contributed by atoms with Crippen LogP contribution in [0, 0.1) is 0 Å². The lowest BCUT2D eigenvalue weighted by molar-refractivity contribution is -0.0541. The van der Waals surface area contributed by atoms with Crippen molar-refractivity contribution in [1.82, 2.24) is 0 Å². The van der Waals surface area contributed by atoms with Crippen molar-refractivity contribution in [2.45, 2.75) is 36.6 Å². The van der Waals surface area contributed by atoms with Crippen molar-refractivity contribution >= 4 is 0 Å². The van der Waals surface area contributed by atoms with Crippen molar-refractivity contribution in [3.63, 3.8) is 0 Å². The van der Waals surface area contributed by atoms with Crippen LogP contribution >= 0.6 is 0 Å². The van der Waals surface area contributed by atoms with Gasteiger partial charge in [-0.1, -0.05) is 0 Å². The summed E-state index contributed by atoms with van der Waals surface area (Å²) in [6.45, 7) is 4.08. The molecule has 4 rings (SSSR count). The Morgan fingerprint density at radius 1 is 0.667 bits per heavy atom. The highest BCUT2D eigenvalue weighted by atomic mass is 16.7. The van der Waals surface area contributed by atoms with Crippen LogP contribution in [0.15, 0.2) is 0 Å². The molecule has 6 heteroatoms. The van der Waals surface area contributed by atoms with Crippen LogP contribution in [0.3, 0.4) is 0 Å². The molecular formula is C12H18O6. The Labute approximate surface area is 105 Å². The van der Waals surface area contributed by atoms with E-state index in [0.717, 1.165) is 13.2 Å². The second kappa shape index (κ2) is 4.70. The van der Waals surface area contributed by atoms with E-state index in [1.165, 1.54) is 0 Å². The molecular weight excluding hydrogens is 240 g/mol. The standard InChI is InChI=1S/C12H18O6/c1-7(13-1)3-15-9-5-17-12-10(6-18-11(9)12)16-4-8-2-14-8/h7-12H,1-6H2/t7?,8?,9-,10?,11+,12+/m0/s1. The van der Waals surface area contributed by atoms with E-state index in [4.69, 9.17) is 28.4 Å². The topological polar surface area (TPSA) is 62.0 Å². The third-order valence-corrected chi connectivity index (χ3v) is 3.76. The number of hydrogen-bond acceptors (Lipinski definition) is 6. The van der Waals surface area contributed by atoms with Gasteiger partial charge >= 0.3 is 0 Å². The molecule has 102 valence electrons. The Kier molecular flexibility index (Phi) is 3.02. The summed E-state index contributed by atoms with van der Waals surface area (Å²) in [5.41, 5.74) is 0. The lowest BCUT2D eigenvalue weighted by atomic mass is 10.1. The van der Waals surface area contributed by atoms with E-state index < -0.39 is 0 Å². The fourth-order valence-electron chi connectivity index (χ4n) is 2.51. The van der Waals surface area contributed by atoms with E-state index in [9.17, 15) is 0 Å². The SMILES string of the molecule is C1OC1COC1CO[C@@H]2[C@@H](OCC3CO3)CO[C@H]12. The zero-order chi connectivity index (χ0) is 11.9. The fraction of sp³-hybridized carbons (Fsp3) is 1.00. The summed E-state index contributed by atoms with van der Waals surface area (Å²) in [6, 6.07) is 0. The molecule has 0 aromatic heterocycles. The molecule has 3 unspecified atom stereocenters. The Morgan fingerprint density at radius 2 is 1.11 bits per heavy atom. The van der Waals surface area contributed by atoms with E-state index in [2.05, 4.69) is 0 Å². The molecule has 0 aromatic carbocycles. The average Bonchev–Trinajstić information content (AvgIpc) is 3.28. The minimum Gasteiger partial charge on any atom is -0.371 e. The van der Waals surface area contributed by atoms with E-state index in [-0.39, 0.29) is 36.6 Å². The monoisotopic (exact) mass is 258 g/mol. The van der Waals surface area contributed by atoms with Gasteiger partial charge in [-0.2, -0.15) is 0 Å². The number of hydrogen-bond donors (Lipinski definition) is 0. The maximum absolute atomic E-state index is 5.77. The maximum Gasteiger partial charge on any atom is 0.115 e. The Hall–Kier alpha value is -0.240. The predicted molar refractivity (Wildman–Crippen MR) is 58.4 cm³/mol. The summed E-state index contributed by atoms with van der Waals surface area (Å²) in [5, 5.41) is 0. The van der Waals surface area contributed by atoms with Gasteiger partial charge in [-0.3, -0.25) is 0 Å². The van der Waals surface area contributed by atoms with Crippen LogP contribution in [0.25, 0.3) is 0 Å². The Morgan fingerprint density at radius 3 is 1.50 bits per heavy atom. The van der Waals surface area contributed by atoms with Gasteiger partial charge in [0.25, 0.3) is 0 Å². The average molecular weight is 258 g/mol. The van der Waals surface area contributed by atoms with Crippen molar-refractivity contribution < 1.29 is 28.4 Å². The molecule has 0 saturated carbocycles. The molecule has 0 amide bonds. The van der Waals surface area contributed by atoms with Crippen LogP contribution in [0.2, 0.25) is 0 Å². The van der Waals surface area contributed by atoms with Crippen LogP contribution in [-0.4, -0.2) is 76.3 Å². The highest BCUT2D eigenvalue weighted by Gasteiger charge is 2.49. The second-order valence-electron chi connectivity index (χ2n) is 5.25. The highest BCUT2D eigenvalue weighted by Crippen LogP contribution is 2.31. The smallest absolute Gasteiger partial charge is 0.115 e. The van der Waals surface area contributed by atoms with Gasteiger partial charge in [-0.05, 0) is 0 Å². The van der Waals surface area contributed by atoms with E-state index in [1.807, 2.05) is 0 Å². The first kappa shape index (κ1) is 11.6. The number of ether oxygens (including phenoxy) is 6. The molecule has 0 aromatic rings. The van der Waals surface area contributed by atoms with Crippen LogP contribution in [-0.2, 0) is 28.4 Å². The molecule has 4 fully saturated rings. The van der Waals surface area contributed by atoms with Crippen molar-refractivity contribution in [2.24, 2.45) is 0 Å². The summed E-state index contributed by atoms with van der Waals surface area (Å²) < 4.78 is 33.3. The summed E-state index contributed by atoms with van der Waals surface area (Å²) in [4.78, 5) is 0. The third-order valence-electron chi connectivity index (χ3n) is 3.76. The van der Waals surface area contributed by atoms with E-state index >= 15 is 0 Å². The van der Waals surface area contributed by atoms with Crippen LogP contribution in [0.1, 0.15) is 0 Å². The molecule has 0 aliphatic carbocycles. The van der Waals surface area contributed by atoms with Gasteiger partial charge in [0, 0.05) is 0 Å². The first-order chi connectivity index (χ1) is 8.90. The normalized spacial score (nSPS) is 49.3. The molecule has 0 N–H and O–H groups in total. The van der Waals surface area contributed by atoms with Gasteiger partial charge in [0.1, 0.15) is 36.6 Å². The summed E-state index contributed by atoms with van der Waals surface area (Å²) in [6.07, 6.45) is 0.617. The van der Waals surface area contributed by atoms with Crippen molar-refractivity contribution in [1.29, 1.82) is 0 Å². The van der Waals surface area contributed by atoms with Gasteiger partial charge in [0.15, 0.2) is 0 Å². The van der Waals surface area contributed by atoms with Crippen molar-refractivity contribution in [3.8, 4) is 0 Å². The van der Waals surface area contributed by atoms with Crippen LogP contribution in [0.4, 0.5) is 0 Å². The highest BCUT2D eigenvalue weighted by molar-refractivity contribution is 4.96. The lowest BCUT2D eigenvalue weighted by Gasteiger charge is -2.16. The predicted octanol–water partition coefficient (Wildman–Crippen LogP) is -0.648. The third kappa shape index (κ3) is 2.41. The molecule has 4 aliphatic rings. The zero-order valence-electron chi connectivity index (χ0n) is 10.2. The minimum absolute atomic E-state index is 0.00821. The van der Waals surface area contributed by atoms with Gasteiger partial charge in [-0.15, -0.1) is 0 Å². The van der Waals surface area contributed by atoms with Crippen LogP contribution in [0.5, 0.6) is 0 Å². The molecule has 4 heterocycles. The van der Waals surface area contributed by atoms with Crippen molar-refractivity contribution in [3.05, 3.63) is 0 Å². The molecule has 6 atom stereocenters. The number of fused-ring (bicyclic) bond motifs is 1. The molecule has 0 radical (unpaired) electrons. The second-order valence-corrected chi connectivity index (χ2v) is 5.25. The fourth-order valence-corrected chi connectivity index (χ4v) is 2.51. The molecule has 4 saturated heterocycles. The Bertz CT molecular complexity index is 273. The molecule has 6 nitrogen and oxygen atoms in total. The number of rotatable bonds is 6. The van der Waals surface area contributed by atoms with Gasteiger partial charge in [0.2, 0.25) is 0 Å². The zero-order valence-corrected chi connectivity index (χ0v) is 10.2. The Balaban J connectivity index is 1.27. The van der Waals surface area contributed by atoms with Crippen LogP contribution < -0.4 is 0 Å². The van der Waals surface area contributed by atoms with Crippen molar-refractivity contribution in [2.75, 3.05) is 39.6 Å². The largest absolute Gasteiger partial charge is 0.371 e. The first-order valence-electron chi connectivity index (χ1n) is 6.60. The lowest BCUT2D eigenvalue weighted by Crippen LogP contribution is -2.35. The summed E-state index contributed by atoms with van der Waals surface area (Å²) >= 11 is 0. The summed E-state index contributed by atoms with van der Waals surface area (Å²) in [5.74, 6) is 0. The molecule has 0 bridgehead atoms. The van der Waals surface area contributed by atoms with Gasteiger partial charge < -0.3 is 28.4 Å². The minimum atomic E-state index is 0.00821.